The van der Waals surface area contributed by atoms with Crippen LogP contribution in [0.1, 0.15) is 38.9 Å². The first-order valence-corrected chi connectivity index (χ1v) is 7.29. The molecule has 0 aromatic heterocycles. The van der Waals surface area contributed by atoms with E-state index in [2.05, 4.69) is 0 Å². The normalized spacial score (nSPS) is 29.9. The summed E-state index contributed by atoms with van der Waals surface area (Å²) in [5.74, 6) is 0.154. The Morgan fingerprint density at radius 2 is 1.95 bits per heavy atom. The predicted octanol–water partition coefficient (Wildman–Crippen LogP) is 1.95. The van der Waals surface area contributed by atoms with E-state index in [4.69, 9.17) is 18.9 Å². The predicted molar refractivity (Wildman–Crippen MR) is 76.6 cm³/mol. The molecule has 2 aliphatic heterocycles. The van der Waals surface area contributed by atoms with Crippen LogP contribution in [-0.4, -0.2) is 35.7 Å². The third kappa shape index (κ3) is 2.95. The highest BCUT2D eigenvalue weighted by Crippen LogP contribution is 2.39. The van der Waals surface area contributed by atoms with Gasteiger partial charge in [0.1, 0.15) is 6.10 Å². The Bertz CT molecular complexity index is 582. The summed E-state index contributed by atoms with van der Waals surface area (Å²) in [7, 11) is 0. The lowest BCUT2D eigenvalue weighted by Gasteiger charge is -2.29. The quantitative estimate of drug-likeness (QED) is 0.900. The Kier molecular flexibility index (Phi) is 3.84. The molecule has 1 aromatic rings. The SMILES string of the molecule is CC(=O)C1OC(C)(C)OC(c2ccc3c(c2)OCO3)CC1O. The lowest BCUT2D eigenvalue weighted by Crippen LogP contribution is -2.40. The topological polar surface area (TPSA) is 74.2 Å². The highest BCUT2D eigenvalue weighted by atomic mass is 16.7. The monoisotopic (exact) mass is 308 g/mol. The maximum Gasteiger partial charge on any atom is 0.231 e. The van der Waals surface area contributed by atoms with Gasteiger partial charge in [0.2, 0.25) is 6.79 Å². The third-order valence-electron chi connectivity index (χ3n) is 3.81. The van der Waals surface area contributed by atoms with Crippen molar-refractivity contribution in [2.24, 2.45) is 0 Å². The minimum absolute atomic E-state index is 0.202. The summed E-state index contributed by atoms with van der Waals surface area (Å²) in [6.45, 7) is 5.08. The molecule has 0 amide bonds. The van der Waals surface area contributed by atoms with E-state index in [1.54, 1.807) is 13.8 Å². The third-order valence-corrected chi connectivity index (χ3v) is 3.81. The van der Waals surface area contributed by atoms with Crippen LogP contribution in [0.5, 0.6) is 11.5 Å². The number of carbonyl (C=O) groups is 1. The molecule has 3 rings (SSSR count). The van der Waals surface area contributed by atoms with Crippen LogP contribution in [0, 0.1) is 0 Å². The fourth-order valence-corrected chi connectivity index (χ4v) is 2.82. The average Bonchev–Trinajstić information content (AvgIpc) is 2.86. The van der Waals surface area contributed by atoms with Crippen LogP contribution < -0.4 is 9.47 Å². The van der Waals surface area contributed by atoms with Crippen LogP contribution in [-0.2, 0) is 14.3 Å². The van der Waals surface area contributed by atoms with Crippen molar-refractivity contribution in [3.63, 3.8) is 0 Å². The standard InChI is InChI=1S/C16H20O6/c1-9(17)15-11(18)7-13(21-16(2,3)22-15)10-4-5-12-14(6-10)20-8-19-12/h4-6,11,13,15,18H,7-8H2,1-3H3. The molecule has 0 bridgehead atoms. The van der Waals surface area contributed by atoms with Gasteiger partial charge < -0.3 is 24.1 Å². The number of rotatable bonds is 2. The van der Waals surface area contributed by atoms with Crippen molar-refractivity contribution < 1.29 is 28.8 Å². The van der Waals surface area contributed by atoms with Crippen molar-refractivity contribution >= 4 is 5.78 Å². The van der Waals surface area contributed by atoms with Gasteiger partial charge >= 0.3 is 0 Å². The first kappa shape index (κ1) is 15.3. The number of ether oxygens (including phenoxy) is 4. The first-order chi connectivity index (χ1) is 10.4. The van der Waals surface area contributed by atoms with E-state index >= 15 is 0 Å². The van der Waals surface area contributed by atoms with Crippen molar-refractivity contribution in [3.05, 3.63) is 23.8 Å². The van der Waals surface area contributed by atoms with Crippen LogP contribution in [0.3, 0.4) is 0 Å². The van der Waals surface area contributed by atoms with Gasteiger partial charge in [-0.2, -0.15) is 0 Å². The molecule has 1 N–H and O–H groups in total. The van der Waals surface area contributed by atoms with Crippen LogP contribution >= 0.6 is 0 Å². The Balaban J connectivity index is 1.88. The van der Waals surface area contributed by atoms with Gasteiger partial charge in [0, 0.05) is 6.42 Å². The molecular weight excluding hydrogens is 288 g/mol. The molecule has 2 aliphatic rings. The van der Waals surface area contributed by atoms with E-state index in [9.17, 15) is 9.90 Å². The summed E-state index contributed by atoms with van der Waals surface area (Å²) in [5.41, 5.74) is 0.851. The smallest absolute Gasteiger partial charge is 0.231 e. The Morgan fingerprint density at radius 1 is 1.23 bits per heavy atom. The molecule has 0 aliphatic carbocycles. The van der Waals surface area contributed by atoms with Crippen molar-refractivity contribution in [2.45, 2.75) is 51.3 Å². The first-order valence-electron chi connectivity index (χ1n) is 7.29. The summed E-state index contributed by atoms with van der Waals surface area (Å²) in [6, 6.07) is 5.52. The average molecular weight is 308 g/mol. The van der Waals surface area contributed by atoms with Crippen LogP contribution in [0.4, 0.5) is 0 Å². The van der Waals surface area contributed by atoms with E-state index in [-0.39, 0.29) is 19.0 Å². The molecule has 1 aromatic carbocycles. The number of Topliss-reactive ketones (excluding diaryl/α,β-unsaturated/α-hetero) is 1. The summed E-state index contributed by atoms with van der Waals surface area (Å²) in [4.78, 5) is 11.7. The summed E-state index contributed by atoms with van der Waals surface area (Å²) in [5, 5.41) is 10.3. The van der Waals surface area contributed by atoms with Crippen LogP contribution in [0.15, 0.2) is 18.2 Å². The van der Waals surface area contributed by atoms with E-state index < -0.39 is 24.1 Å². The van der Waals surface area contributed by atoms with Crippen molar-refractivity contribution in [1.82, 2.24) is 0 Å². The van der Waals surface area contributed by atoms with Gasteiger partial charge in [0.25, 0.3) is 0 Å². The second-order valence-electron chi connectivity index (χ2n) is 6.07. The molecule has 120 valence electrons. The molecule has 3 unspecified atom stereocenters. The van der Waals surface area contributed by atoms with Gasteiger partial charge in [-0.05, 0) is 38.5 Å². The molecule has 3 atom stereocenters. The summed E-state index contributed by atoms with van der Waals surface area (Å²) in [6.07, 6.45) is -1.93. The van der Waals surface area contributed by atoms with Gasteiger partial charge in [0.05, 0.1) is 12.2 Å². The number of fused-ring (bicyclic) bond motifs is 1. The molecule has 0 spiro atoms. The molecule has 1 saturated heterocycles. The van der Waals surface area contributed by atoms with Gasteiger partial charge in [-0.3, -0.25) is 4.79 Å². The van der Waals surface area contributed by atoms with Gasteiger partial charge in [-0.15, -0.1) is 0 Å². The van der Waals surface area contributed by atoms with Gasteiger partial charge in [-0.1, -0.05) is 6.07 Å². The van der Waals surface area contributed by atoms with Crippen molar-refractivity contribution in [1.29, 1.82) is 0 Å². The number of benzene rings is 1. The molecule has 0 saturated carbocycles. The number of ketones is 1. The second kappa shape index (κ2) is 5.53. The highest BCUT2D eigenvalue weighted by Gasteiger charge is 2.40. The fourth-order valence-electron chi connectivity index (χ4n) is 2.82. The number of carbonyl (C=O) groups excluding carboxylic acids is 1. The molecule has 0 radical (unpaired) electrons. The van der Waals surface area contributed by atoms with Crippen LogP contribution in [0.25, 0.3) is 0 Å². The number of aliphatic hydroxyl groups excluding tert-OH is 1. The minimum Gasteiger partial charge on any atom is -0.454 e. The van der Waals surface area contributed by atoms with Gasteiger partial charge in [-0.25, -0.2) is 0 Å². The fraction of sp³-hybridized carbons (Fsp3) is 0.562. The Morgan fingerprint density at radius 3 is 2.68 bits per heavy atom. The number of hydrogen-bond acceptors (Lipinski definition) is 6. The lowest BCUT2D eigenvalue weighted by molar-refractivity contribution is -0.244. The molecule has 1 fully saturated rings. The summed E-state index contributed by atoms with van der Waals surface area (Å²) >= 11 is 0. The molecule has 22 heavy (non-hydrogen) atoms. The number of hydrogen-bond donors (Lipinski definition) is 1. The maximum atomic E-state index is 11.7. The van der Waals surface area contributed by atoms with E-state index in [1.807, 2.05) is 18.2 Å². The van der Waals surface area contributed by atoms with Crippen molar-refractivity contribution in [2.75, 3.05) is 6.79 Å². The zero-order valence-corrected chi connectivity index (χ0v) is 12.9. The zero-order chi connectivity index (χ0) is 15.9. The maximum absolute atomic E-state index is 11.7. The Hall–Kier alpha value is -1.63. The van der Waals surface area contributed by atoms with E-state index in [1.165, 1.54) is 6.92 Å². The van der Waals surface area contributed by atoms with Crippen molar-refractivity contribution in [3.8, 4) is 11.5 Å². The highest BCUT2D eigenvalue weighted by molar-refractivity contribution is 5.81. The van der Waals surface area contributed by atoms with E-state index in [0.29, 0.717) is 11.5 Å². The molecule has 2 heterocycles. The largest absolute Gasteiger partial charge is 0.454 e. The minimum atomic E-state index is -0.977. The molecule has 6 heteroatoms. The van der Waals surface area contributed by atoms with E-state index in [0.717, 1.165) is 5.56 Å². The second-order valence-corrected chi connectivity index (χ2v) is 6.07. The number of aliphatic hydroxyl groups is 1. The summed E-state index contributed by atoms with van der Waals surface area (Å²) < 4.78 is 22.3. The molecule has 6 nitrogen and oxygen atoms in total. The molecular formula is C16H20O6. The zero-order valence-electron chi connectivity index (χ0n) is 12.9. The Labute approximate surface area is 128 Å². The van der Waals surface area contributed by atoms with Crippen LogP contribution in [0.2, 0.25) is 0 Å². The lowest BCUT2D eigenvalue weighted by atomic mass is 9.99. The van der Waals surface area contributed by atoms with Gasteiger partial charge in [0.15, 0.2) is 23.1 Å².